The number of rotatable bonds is 6. The van der Waals surface area contributed by atoms with Crippen LogP contribution in [0, 0.1) is 0 Å². The van der Waals surface area contributed by atoms with Crippen molar-refractivity contribution in [1.29, 1.82) is 0 Å². The van der Waals surface area contributed by atoms with E-state index in [0.717, 1.165) is 24.1 Å². The van der Waals surface area contributed by atoms with Gasteiger partial charge < -0.3 is 15.1 Å². The molecule has 2 amide bonds. The highest BCUT2D eigenvalue weighted by molar-refractivity contribution is 5.79. The summed E-state index contributed by atoms with van der Waals surface area (Å²) < 4.78 is 42.0. The Morgan fingerprint density at radius 3 is 2.77 bits per heavy atom. The molecule has 1 N–H and O–H groups in total. The Bertz CT molecular complexity index is 824. The fourth-order valence-corrected chi connectivity index (χ4v) is 4.98. The van der Waals surface area contributed by atoms with E-state index < -0.39 is 12.2 Å². The zero-order chi connectivity index (χ0) is 22.2. The number of nitrogens with one attached hydrogen (secondary N) is 1. The molecule has 3 atom stereocenters. The average molecular weight is 441 g/mol. The van der Waals surface area contributed by atoms with Crippen molar-refractivity contribution < 1.29 is 22.8 Å². The first-order valence-electron chi connectivity index (χ1n) is 11.3. The molecule has 0 spiro atoms. The van der Waals surface area contributed by atoms with E-state index in [-0.39, 0.29) is 30.3 Å². The Balaban J connectivity index is 1.44. The molecule has 172 valence electrons. The summed E-state index contributed by atoms with van der Waals surface area (Å²) in [6, 6.07) is -0.515. The maximum Gasteiger partial charge on any atom is 0.410 e. The van der Waals surface area contributed by atoms with Crippen LogP contribution in [0.15, 0.2) is 6.07 Å². The largest absolute Gasteiger partial charge is 0.410 e. The molecule has 0 radical (unpaired) electrons. The minimum absolute atomic E-state index is 0.0214. The molecule has 0 unspecified atom stereocenters. The third-order valence-electron chi connectivity index (χ3n) is 6.68. The summed E-state index contributed by atoms with van der Waals surface area (Å²) in [6.07, 6.45) is 0.0655. The van der Waals surface area contributed by atoms with Gasteiger partial charge in [-0.05, 0) is 38.5 Å². The molecule has 0 aromatic carbocycles. The normalized spacial score (nSPS) is 26.3. The molecule has 1 aromatic rings. The van der Waals surface area contributed by atoms with Crippen LogP contribution in [0.4, 0.5) is 19.0 Å². The van der Waals surface area contributed by atoms with E-state index in [4.69, 9.17) is 0 Å². The monoisotopic (exact) mass is 441 g/mol. The third-order valence-corrected chi connectivity index (χ3v) is 6.68. The summed E-state index contributed by atoms with van der Waals surface area (Å²) in [6.45, 7) is 3.79. The molecule has 10 heteroatoms. The summed E-state index contributed by atoms with van der Waals surface area (Å²) >= 11 is 0. The van der Waals surface area contributed by atoms with Crippen molar-refractivity contribution in [3.05, 3.63) is 11.8 Å². The number of amides is 2. The number of halogens is 3. The summed E-state index contributed by atoms with van der Waals surface area (Å²) in [4.78, 5) is 28.1. The highest BCUT2D eigenvalue weighted by Gasteiger charge is 2.46. The van der Waals surface area contributed by atoms with Gasteiger partial charge in [-0.1, -0.05) is 6.92 Å². The van der Waals surface area contributed by atoms with Crippen LogP contribution in [-0.4, -0.2) is 63.2 Å². The molecule has 3 aliphatic heterocycles. The lowest BCUT2D eigenvalue weighted by molar-refractivity contribution is -0.173. The zero-order valence-electron chi connectivity index (χ0n) is 17.8. The Morgan fingerprint density at radius 2 is 2.10 bits per heavy atom. The number of fused-ring (bicyclic) bond motifs is 1. The number of nitrogens with zero attached hydrogens (tertiary/aromatic N) is 4. The number of carbonyl (C=O) groups is 2. The lowest BCUT2D eigenvalue weighted by Crippen LogP contribution is -2.39. The van der Waals surface area contributed by atoms with Gasteiger partial charge in [-0.15, -0.1) is 0 Å². The summed E-state index contributed by atoms with van der Waals surface area (Å²) in [7, 11) is 0. The van der Waals surface area contributed by atoms with E-state index in [1.54, 1.807) is 15.9 Å². The molecule has 4 heterocycles. The van der Waals surface area contributed by atoms with Crippen LogP contribution in [0.25, 0.3) is 0 Å². The maximum atomic E-state index is 13.6. The first-order chi connectivity index (χ1) is 14.8. The van der Waals surface area contributed by atoms with E-state index >= 15 is 0 Å². The van der Waals surface area contributed by atoms with Gasteiger partial charge in [0.2, 0.25) is 11.8 Å². The van der Waals surface area contributed by atoms with Crippen LogP contribution in [0.2, 0.25) is 0 Å². The Morgan fingerprint density at radius 1 is 1.29 bits per heavy atom. The fraction of sp³-hybridized carbons (Fsp3) is 0.762. The topological polar surface area (TPSA) is 70.5 Å². The van der Waals surface area contributed by atoms with Gasteiger partial charge in [0.05, 0.1) is 11.7 Å². The molecule has 3 aliphatic rings. The number of anilines is 1. The van der Waals surface area contributed by atoms with Gasteiger partial charge in [0.15, 0.2) is 6.04 Å². The summed E-state index contributed by atoms with van der Waals surface area (Å²) in [5, 5.41) is 7.49. The van der Waals surface area contributed by atoms with Crippen molar-refractivity contribution >= 4 is 17.6 Å². The molecule has 0 aliphatic carbocycles. The SMILES string of the molecule is CC[C@@H]1C[C@H](C(F)(F)F)n2nc([C@H]3CCCN3C(=O)CCCN3CCCC3=O)cc2N1. The molecule has 0 bridgehead atoms. The number of hydrogen-bond donors (Lipinski definition) is 1. The van der Waals surface area contributed by atoms with Gasteiger partial charge in [-0.25, -0.2) is 4.68 Å². The van der Waals surface area contributed by atoms with Crippen LogP contribution in [-0.2, 0) is 9.59 Å². The molecule has 4 rings (SSSR count). The van der Waals surface area contributed by atoms with Crippen LogP contribution >= 0.6 is 0 Å². The standard InChI is InChI=1S/C21H30F3N5O2/c1-2-14-12-17(21(22,23)24)29-18(25-14)13-15(26-29)16-6-3-11-28(16)20(31)8-5-10-27-9-4-7-19(27)30/h13-14,16-17,25H,2-12H2,1H3/t14-,16-,17-/m1/s1. The van der Waals surface area contributed by atoms with Gasteiger partial charge in [-0.2, -0.15) is 18.3 Å². The summed E-state index contributed by atoms with van der Waals surface area (Å²) in [5.41, 5.74) is 0.522. The third kappa shape index (κ3) is 4.52. The molecule has 1 aromatic heterocycles. The van der Waals surface area contributed by atoms with Crippen LogP contribution in [0.5, 0.6) is 0 Å². The van der Waals surface area contributed by atoms with Gasteiger partial charge in [0.1, 0.15) is 5.82 Å². The number of carbonyl (C=O) groups excluding carboxylic acids is 2. The maximum absolute atomic E-state index is 13.6. The van der Waals surface area contributed by atoms with Crippen molar-refractivity contribution in [2.24, 2.45) is 0 Å². The van der Waals surface area contributed by atoms with Crippen molar-refractivity contribution in [3.63, 3.8) is 0 Å². The number of likely N-dealkylation sites (tertiary alicyclic amines) is 2. The molecule has 2 fully saturated rings. The quantitative estimate of drug-likeness (QED) is 0.732. The first kappa shape index (κ1) is 22.0. The van der Waals surface area contributed by atoms with Crippen molar-refractivity contribution in [1.82, 2.24) is 19.6 Å². The van der Waals surface area contributed by atoms with E-state index in [0.29, 0.717) is 56.7 Å². The van der Waals surface area contributed by atoms with Crippen molar-refractivity contribution in [2.75, 3.05) is 25.0 Å². The lowest BCUT2D eigenvalue weighted by Gasteiger charge is -2.32. The highest BCUT2D eigenvalue weighted by Crippen LogP contribution is 2.42. The second-order valence-corrected chi connectivity index (χ2v) is 8.77. The van der Waals surface area contributed by atoms with Gasteiger partial charge >= 0.3 is 6.18 Å². The molecular formula is C21H30F3N5O2. The number of aromatic nitrogens is 2. The smallest absolute Gasteiger partial charge is 0.367 e. The van der Waals surface area contributed by atoms with Crippen molar-refractivity contribution in [3.8, 4) is 0 Å². The van der Waals surface area contributed by atoms with Gasteiger partial charge in [0.25, 0.3) is 0 Å². The van der Waals surface area contributed by atoms with Crippen molar-refractivity contribution in [2.45, 2.75) is 82.6 Å². The van der Waals surface area contributed by atoms with Crippen LogP contribution in [0.1, 0.15) is 76.1 Å². The van der Waals surface area contributed by atoms with Crippen LogP contribution < -0.4 is 5.32 Å². The van der Waals surface area contributed by atoms with E-state index in [1.165, 1.54) is 0 Å². The van der Waals surface area contributed by atoms with Gasteiger partial charge in [-0.3, -0.25) is 9.59 Å². The second kappa shape index (κ2) is 8.70. The molecular weight excluding hydrogens is 411 g/mol. The predicted octanol–water partition coefficient (Wildman–Crippen LogP) is 3.65. The Labute approximate surface area is 179 Å². The second-order valence-electron chi connectivity index (χ2n) is 8.77. The van der Waals surface area contributed by atoms with E-state index in [9.17, 15) is 22.8 Å². The zero-order valence-corrected chi connectivity index (χ0v) is 17.8. The van der Waals surface area contributed by atoms with E-state index in [1.807, 2.05) is 6.92 Å². The highest BCUT2D eigenvalue weighted by atomic mass is 19.4. The number of alkyl halides is 3. The predicted molar refractivity (Wildman–Crippen MR) is 108 cm³/mol. The number of hydrogen-bond acceptors (Lipinski definition) is 4. The Hall–Kier alpha value is -2.26. The molecule has 2 saturated heterocycles. The lowest BCUT2D eigenvalue weighted by atomic mass is 10.0. The van der Waals surface area contributed by atoms with Gasteiger partial charge in [0, 0.05) is 44.6 Å². The molecule has 7 nitrogen and oxygen atoms in total. The van der Waals surface area contributed by atoms with E-state index in [2.05, 4.69) is 10.4 Å². The molecule has 0 saturated carbocycles. The Kier molecular flexibility index (Phi) is 6.16. The van der Waals surface area contributed by atoms with Crippen LogP contribution in [0.3, 0.4) is 0 Å². The average Bonchev–Trinajstić information content (AvgIpc) is 3.45. The summed E-state index contributed by atoms with van der Waals surface area (Å²) in [5.74, 6) is 0.501. The fourth-order valence-electron chi connectivity index (χ4n) is 4.98. The minimum atomic E-state index is -4.37. The first-order valence-corrected chi connectivity index (χ1v) is 11.3. The minimum Gasteiger partial charge on any atom is -0.367 e. The molecule has 31 heavy (non-hydrogen) atoms.